The van der Waals surface area contributed by atoms with Crippen molar-refractivity contribution in [2.75, 3.05) is 18.4 Å². The quantitative estimate of drug-likeness (QED) is 0.283. The van der Waals surface area contributed by atoms with Crippen LogP contribution < -0.4 is 10.6 Å². The van der Waals surface area contributed by atoms with Crippen LogP contribution >= 0.6 is 0 Å². The van der Waals surface area contributed by atoms with Crippen LogP contribution in [0.5, 0.6) is 0 Å². The maximum atomic E-state index is 13.4. The summed E-state index contributed by atoms with van der Waals surface area (Å²) >= 11 is 0. The fourth-order valence-electron chi connectivity index (χ4n) is 4.45. The molecule has 6 heteroatoms. The minimum atomic E-state index is -0.454. The Labute approximate surface area is 232 Å². The average Bonchev–Trinajstić information content (AvgIpc) is 2.94. The van der Waals surface area contributed by atoms with Gasteiger partial charge < -0.3 is 15.5 Å². The molecule has 39 heavy (non-hydrogen) atoms. The molecule has 0 saturated carbocycles. The number of hydrogen-bond acceptors (Lipinski definition) is 3. The molecule has 0 aliphatic heterocycles. The lowest BCUT2D eigenvalue weighted by atomic mass is 9.95. The monoisotopic (exact) mass is 526 g/mol. The van der Waals surface area contributed by atoms with E-state index in [9.17, 15) is 14.4 Å². The van der Waals surface area contributed by atoms with Crippen molar-refractivity contribution >= 4 is 23.4 Å². The van der Waals surface area contributed by atoms with Crippen LogP contribution in [0.3, 0.4) is 0 Å². The molecule has 0 fully saturated rings. The third kappa shape index (κ3) is 9.10. The van der Waals surface area contributed by atoms with Gasteiger partial charge in [-0.05, 0) is 68.5 Å². The zero-order valence-electron chi connectivity index (χ0n) is 23.4. The summed E-state index contributed by atoms with van der Waals surface area (Å²) in [6.45, 7) is 9.27. The molecule has 3 rings (SSSR count). The first-order valence-electron chi connectivity index (χ1n) is 13.8. The number of amides is 3. The first kappa shape index (κ1) is 29.6. The highest BCUT2D eigenvalue weighted by Gasteiger charge is 2.23. The predicted molar refractivity (Wildman–Crippen MR) is 158 cm³/mol. The first-order valence-corrected chi connectivity index (χ1v) is 13.8. The van der Waals surface area contributed by atoms with Crippen molar-refractivity contribution in [2.24, 2.45) is 5.92 Å². The van der Waals surface area contributed by atoms with Crippen molar-refractivity contribution in [3.05, 3.63) is 108 Å². The number of nitrogens with one attached hydrogen (secondary N) is 2. The van der Waals surface area contributed by atoms with Crippen molar-refractivity contribution in [1.82, 2.24) is 10.2 Å². The largest absolute Gasteiger partial charge is 0.349 e. The minimum Gasteiger partial charge on any atom is -0.349 e. The topological polar surface area (TPSA) is 78.5 Å². The normalized spacial score (nSPS) is 12.3. The number of carbonyl (C=O) groups is 3. The highest BCUT2D eigenvalue weighted by Crippen LogP contribution is 2.16. The van der Waals surface area contributed by atoms with E-state index in [1.165, 1.54) is 0 Å². The highest BCUT2D eigenvalue weighted by molar-refractivity contribution is 6.00. The molecule has 3 aromatic carbocycles. The molecule has 2 atom stereocenters. The van der Waals surface area contributed by atoms with Gasteiger partial charge in [0.25, 0.3) is 11.8 Å². The maximum Gasteiger partial charge on any atom is 0.253 e. The summed E-state index contributed by atoms with van der Waals surface area (Å²) in [5.41, 5.74) is 3.81. The van der Waals surface area contributed by atoms with Gasteiger partial charge >= 0.3 is 0 Å². The summed E-state index contributed by atoms with van der Waals surface area (Å²) in [5.74, 6) is -0.955. The Bertz CT molecular complexity index is 1220. The van der Waals surface area contributed by atoms with Gasteiger partial charge in [0, 0.05) is 41.9 Å². The SMILES string of the molecule is CCCN(CCC)C(=O)c1cccc(C(=O)N[C@H]([CH][C@@H](C)C(=O)Nc2ccc(C)cc2)Cc2ccccc2)c1. The molecule has 3 amide bonds. The molecule has 0 aliphatic carbocycles. The van der Waals surface area contributed by atoms with E-state index >= 15 is 0 Å². The van der Waals surface area contributed by atoms with Crippen molar-refractivity contribution in [3.63, 3.8) is 0 Å². The lowest BCUT2D eigenvalue weighted by Crippen LogP contribution is -2.40. The lowest BCUT2D eigenvalue weighted by Gasteiger charge is -2.23. The first-order chi connectivity index (χ1) is 18.8. The van der Waals surface area contributed by atoms with Crippen molar-refractivity contribution in [1.29, 1.82) is 0 Å². The van der Waals surface area contributed by atoms with Gasteiger partial charge in [0.15, 0.2) is 0 Å². The lowest BCUT2D eigenvalue weighted by molar-refractivity contribution is -0.118. The van der Waals surface area contributed by atoms with Crippen LogP contribution in [0.25, 0.3) is 0 Å². The van der Waals surface area contributed by atoms with Gasteiger partial charge in [0.1, 0.15) is 0 Å². The Hall–Kier alpha value is -3.93. The molecule has 0 aliphatic rings. The number of rotatable bonds is 13. The number of hydrogen-bond donors (Lipinski definition) is 2. The van der Waals surface area contributed by atoms with E-state index in [0.29, 0.717) is 30.6 Å². The number of anilines is 1. The van der Waals surface area contributed by atoms with E-state index in [1.54, 1.807) is 24.3 Å². The Morgan fingerprint density at radius 2 is 1.49 bits per heavy atom. The number of aryl methyl sites for hydroxylation is 1. The smallest absolute Gasteiger partial charge is 0.253 e. The van der Waals surface area contributed by atoms with Crippen molar-refractivity contribution in [2.45, 2.75) is 53.0 Å². The number of benzene rings is 3. The summed E-state index contributed by atoms with van der Waals surface area (Å²) in [5, 5.41) is 6.03. The van der Waals surface area contributed by atoms with Crippen LogP contribution in [0.1, 0.15) is 65.5 Å². The Kier molecular flexibility index (Phi) is 11.3. The maximum absolute atomic E-state index is 13.4. The molecule has 0 unspecified atom stereocenters. The Morgan fingerprint density at radius 1 is 0.846 bits per heavy atom. The second-order valence-electron chi connectivity index (χ2n) is 9.98. The van der Waals surface area contributed by atoms with E-state index in [2.05, 4.69) is 10.6 Å². The Balaban J connectivity index is 1.74. The van der Waals surface area contributed by atoms with E-state index in [-0.39, 0.29) is 17.7 Å². The molecule has 0 heterocycles. The second kappa shape index (κ2) is 14.9. The number of nitrogens with zero attached hydrogens (tertiary/aromatic N) is 1. The summed E-state index contributed by atoms with van der Waals surface area (Å²) < 4.78 is 0. The highest BCUT2D eigenvalue weighted by atomic mass is 16.2. The molecule has 3 aromatic rings. The standard InChI is InChI=1S/C33H40N3O3/c1-5-19-36(20-6-2)33(39)28-14-10-13-27(23-28)32(38)35-30(22-26-11-8-7-9-12-26)21-25(4)31(37)34-29-17-15-24(3)16-18-29/h7-18,21,23,25,30H,5-6,19-20,22H2,1-4H3,(H,34,37)(H,35,38)/t25-,30-/m1/s1. The fourth-order valence-corrected chi connectivity index (χ4v) is 4.45. The van der Waals surface area contributed by atoms with Crippen LogP contribution in [-0.4, -0.2) is 41.8 Å². The second-order valence-corrected chi connectivity index (χ2v) is 9.98. The number of carbonyl (C=O) groups excluding carboxylic acids is 3. The van der Waals surface area contributed by atoms with E-state index in [1.807, 2.05) is 93.6 Å². The molecule has 6 nitrogen and oxygen atoms in total. The van der Waals surface area contributed by atoms with Gasteiger partial charge in [-0.15, -0.1) is 0 Å². The summed E-state index contributed by atoms with van der Waals surface area (Å²) in [6, 6.07) is 24.0. The molecule has 2 N–H and O–H groups in total. The summed E-state index contributed by atoms with van der Waals surface area (Å²) in [6.07, 6.45) is 4.15. The molecule has 0 bridgehead atoms. The van der Waals surface area contributed by atoms with Crippen molar-refractivity contribution in [3.8, 4) is 0 Å². The third-order valence-corrected chi connectivity index (χ3v) is 6.51. The molecule has 1 radical (unpaired) electrons. The van der Waals surface area contributed by atoms with Gasteiger partial charge in [0.2, 0.25) is 5.91 Å². The fraction of sp³-hybridized carbons (Fsp3) is 0.333. The molecule has 0 aromatic heterocycles. The molecular weight excluding hydrogens is 486 g/mol. The zero-order valence-corrected chi connectivity index (χ0v) is 23.4. The van der Waals surface area contributed by atoms with Crippen LogP contribution in [0.2, 0.25) is 0 Å². The van der Waals surface area contributed by atoms with E-state index in [0.717, 1.165) is 29.7 Å². The van der Waals surface area contributed by atoms with Crippen LogP contribution in [-0.2, 0) is 11.2 Å². The third-order valence-electron chi connectivity index (χ3n) is 6.51. The predicted octanol–water partition coefficient (Wildman–Crippen LogP) is 6.08. The molecule has 0 saturated heterocycles. The Morgan fingerprint density at radius 3 is 2.13 bits per heavy atom. The van der Waals surface area contributed by atoms with Gasteiger partial charge in [-0.25, -0.2) is 0 Å². The van der Waals surface area contributed by atoms with E-state index < -0.39 is 12.0 Å². The van der Waals surface area contributed by atoms with Gasteiger partial charge in [-0.2, -0.15) is 0 Å². The van der Waals surface area contributed by atoms with Gasteiger partial charge in [-0.3, -0.25) is 14.4 Å². The molecular formula is C33H40N3O3. The van der Waals surface area contributed by atoms with E-state index in [4.69, 9.17) is 0 Å². The summed E-state index contributed by atoms with van der Waals surface area (Å²) in [7, 11) is 0. The van der Waals surface area contributed by atoms with Crippen LogP contribution in [0, 0.1) is 19.3 Å². The minimum absolute atomic E-state index is 0.0675. The van der Waals surface area contributed by atoms with Crippen molar-refractivity contribution < 1.29 is 14.4 Å². The van der Waals surface area contributed by atoms with Gasteiger partial charge in [-0.1, -0.05) is 74.9 Å². The zero-order chi connectivity index (χ0) is 28.2. The van der Waals surface area contributed by atoms with Crippen LogP contribution in [0.4, 0.5) is 5.69 Å². The average molecular weight is 527 g/mol. The molecule has 0 spiro atoms. The van der Waals surface area contributed by atoms with Gasteiger partial charge in [0.05, 0.1) is 0 Å². The summed E-state index contributed by atoms with van der Waals surface area (Å²) in [4.78, 5) is 41.2. The van der Waals surface area contributed by atoms with Crippen LogP contribution in [0.15, 0.2) is 78.9 Å². The molecule has 205 valence electrons.